The van der Waals surface area contributed by atoms with E-state index in [9.17, 15) is 9.90 Å². The number of aromatic hydroxyl groups is 1. The molecule has 2 heterocycles. The lowest BCUT2D eigenvalue weighted by Crippen LogP contribution is -2.34. The number of thiazole rings is 1. The Morgan fingerprint density at radius 3 is 2.61 bits per heavy atom. The highest BCUT2D eigenvalue weighted by atomic mass is 35.5. The van der Waals surface area contributed by atoms with Crippen molar-refractivity contribution in [1.82, 2.24) is 10.4 Å². The summed E-state index contributed by atoms with van der Waals surface area (Å²) in [7, 11) is 0. The zero-order valence-electron chi connectivity index (χ0n) is 14.4. The van der Waals surface area contributed by atoms with E-state index in [1.807, 2.05) is 17.5 Å². The summed E-state index contributed by atoms with van der Waals surface area (Å²) in [6, 6.07) is 13.6. The molecule has 2 aromatic carbocycles. The highest BCUT2D eigenvalue weighted by Gasteiger charge is 2.34. The van der Waals surface area contributed by atoms with Crippen molar-refractivity contribution in [2.45, 2.75) is 0 Å². The van der Waals surface area contributed by atoms with Gasteiger partial charge >= 0.3 is 5.91 Å². The number of aromatic nitrogens is 1. The molecule has 0 unspecified atom stereocenters. The third kappa shape index (κ3) is 3.55. The Bertz CT molecular complexity index is 1080. The Labute approximate surface area is 169 Å². The number of carbonyl (C=O) groups excluding carboxylic acids is 1. The van der Waals surface area contributed by atoms with Gasteiger partial charge in [-0.15, -0.1) is 11.3 Å². The Morgan fingerprint density at radius 2 is 1.89 bits per heavy atom. The molecule has 1 amide bonds. The van der Waals surface area contributed by atoms with E-state index in [-0.39, 0.29) is 17.4 Å². The first-order valence-corrected chi connectivity index (χ1v) is 9.41. The molecule has 7 nitrogen and oxygen atoms in total. The van der Waals surface area contributed by atoms with Crippen LogP contribution in [0.4, 0.5) is 10.8 Å². The van der Waals surface area contributed by atoms with Crippen LogP contribution in [-0.4, -0.2) is 21.7 Å². The molecule has 0 spiro atoms. The molecule has 9 heteroatoms. The molecule has 3 N–H and O–H groups in total. The van der Waals surface area contributed by atoms with E-state index in [0.29, 0.717) is 21.5 Å². The Kier molecular flexibility index (Phi) is 4.72. The van der Waals surface area contributed by atoms with Gasteiger partial charge in [-0.25, -0.2) is 4.98 Å². The molecule has 1 saturated heterocycles. The number of phenolic OH excluding ortho intramolecular Hbond substituents is 1. The summed E-state index contributed by atoms with van der Waals surface area (Å²) in [5, 5.41) is 17.7. The molecule has 1 aliphatic heterocycles. The number of nitrogens with zero attached hydrogens (tertiary/aromatic N) is 3. The molecule has 0 bridgehead atoms. The van der Waals surface area contributed by atoms with E-state index < -0.39 is 0 Å². The number of hydrogen-bond acceptors (Lipinski definition) is 7. The number of halogens is 1. The first kappa shape index (κ1) is 18.0. The number of hydrazone groups is 1. The maximum Gasteiger partial charge on any atom is 0.301 e. The normalized spacial score (nSPS) is 15.2. The summed E-state index contributed by atoms with van der Waals surface area (Å²) in [5.74, 6) is -0.221. The molecule has 3 aromatic rings. The third-order valence-electron chi connectivity index (χ3n) is 3.93. The van der Waals surface area contributed by atoms with E-state index in [2.05, 4.69) is 27.5 Å². The zero-order chi connectivity index (χ0) is 19.7. The number of phenols is 1. The predicted molar refractivity (Wildman–Crippen MR) is 111 cm³/mol. The van der Waals surface area contributed by atoms with E-state index in [1.165, 1.54) is 28.5 Å². The van der Waals surface area contributed by atoms with Crippen LogP contribution in [0.15, 0.2) is 71.3 Å². The van der Waals surface area contributed by atoms with Crippen LogP contribution in [-0.2, 0) is 4.79 Å². The van der Waals surface area contributed by atoms with Gasteiger partial charge in [-0.3, -0.25) is 15.6 Å². The van der Waals surface area contributed by atoms with Crippen molar-refractivity contribution in [3.8, 4) is 17.0 Å². The van der Waals surface area contributed by atoms with Crippen LogP contribution >= 0.6 is 22.9 Å². The maximum absolute atomic E-state index is 12.7. The maximum atomic E-state index is 12.7. The Morgan fingerprint density at radius 1 is 1.18 bits per heavy atom. The van der Waals surface area contributed by atoms with Crippen LogP contribution in [0.2, 0.25) is 5.02 Å². The van der Waals surface area contributed by atoms with Crippen molar-refractivity contribution in [3.05, 3.63) is 71.2 Å². The zero-order valence-corrected chi connectivity index (χ0v) is 16.0. The molecule has 1 fully saturated rings. The summed E-state index contributed by atoms with van der Waals surface area (Å²) in [5.41, 5.74) is 8.46. The number of nitrogens with one attached hydrogen (secondary N) is 2. The summed E-state index contributed by atoms with van der Waals surface area (Å²) < 4.78 is 0. The minimum atomic E-state index is -0.367. The monoisotopic (exact) mass is 411 g/mol. The summed E-state index contributed by atoms with van der Waals surface area (Å²) in [6.07, 6.45) is 0. The minimum Gasteiger partial charge on any atom is -0.508 e. The highest BCUT2D eigenvalue weighted by molar-refractivity contribution is 7.14. The van der Waals surface area contributed by atoms with E-state index in [1.54, 1.807) is 24.3 Å². The third-order valence-corrected chi connectivity index (χ3v) is 5.00. The first-order valence-electron chi connectivity index (χ1n) is 8.16. The lowest BCUT2D eigenvalue weighted by Gasteiger charge is -2.10. The fourth-order valence-corrected chi connectivity index (χ4v) is 3.42. The number of hydrazine groups is 1. The van der Waals surface area contributed by atoms with Crippen LogP contribution in [0, 0.1) is 0 Å². The number of amides is 1. The van der Waals surface area contributed by atoms with Crippen LogP contribution in [0.1, 0.15) is 0 Å². The van der Waals surface area contributed by atoms with Crippen molar-refractivity contribution in [2.24, 2.45) is 5.10 Å². The smallest absolute Gasteiger partial charge is 0.301 e. The molecule has 0 atom stereocenters. The molecule has 140 valence electrons. The molecule has 0 aliphatic carbocycles. The average molecular weight is 412 g/mol. The topological polar surface area (TPSA) is 89.9 Å². The Hall–Kier alpha value is -3.36. The second-order valence-corrected chi connectivity index (χ2v) is 7.15. The molecule has 0 radical (unpaired) electrons. The summed E-state index contributed by atoms with van der Waals surface area (Å²) in [6.45, 7) is 3.84. The SMILES string of the molecule is C=C1NN(c2nc(-c3ccc(Cl)cc3)cs2)C(=O)/C1=N/Nc1ccc(O)cc1. The molecule has 0 saturated carbocycles. The summed E-state index contributed by atoms with van der Waals surface area (Å²) >= 11 is 7.24. The standard InChI is InChI=1S/C19H14ClN5O2S/c1-11-17(23-22-14-6-8-15(26)9-7-14)18(27)25(24-11)19-21-16(10-28-19)12-2-4-13(20)5-3-12/h2-10,22,24,26H,1H2/b23-17+. The van der Waals surface area contributed by atoms with Gasteiger partial charge in [-0.05, 0) is 36.4 Å². The van der Waals surface area contributed by atoms with Crippen molar-refractivity contribution < 1.29 is 9.90 Å². The van der Waals surface area contributed by atoms with Gasteiger partial charge in [0.05, 0.1) is 17.1 Å². The average Bonchev–Trinajstić information content (AvgIpc) is 3.27. The lowest BCUT2D eigenvalue weighted by atomic mass is 10.2. The fourth-order valence-electron chi connectivity index (χ4n) is 2.50. The van der Waals surface area contributed by atoms with Gasteiger partial charge in [0.25, 0.3) is 0 Å². The predicted octanol–water partition coefficient (Wildman–Crippen LogP) is 4.00. The van der Waals surface area contributed by atoms with Crippen LogP contribution < -0.4 is 15.9 Å². The van der Waals surface area contributed by atoms with Crippen LogP contribution in [0.3, 0.4) is 0 Å². The fraction of sp³-hybridized carbons (Fsp3) is 0. The lowest BCUT2D eigenvalue weighted by molar-refractivity contribution is -0.112. The van der Waals surface area contributed by atoms with Gasteiger partial charge in [0, 0.05) is 16.0 Å². The van der Waals surface area contributed by atoms with Crippen molar-refractivity contribution in [1.29, 1.82) is 0 Å². The number of carbonyl (C=O) groups is 1. The van der Waals surface area contributed by atoms with Crippen LogP contribution in [0.5, 0.6) is 5.75 Å². The van der Waals surface area contributed by atoms with Crippen molar-refractivity contribution in [3.63, 3.8) is 0 Å². The van der Waals surface area contributed by atoms with Gasteiger partial charge in [-0.2, -0.15) is 10.1 Å². The Balaban J connectivity index is 1.53. The van der Waals surface area contributed by atoms with E-state index >= 15 is 0 Å². The number of rotatable bonds is 4. The first-order chi connectivity index (χ1) is 13.5. The summed E-state index contributed by atoms with van der Waals surface area (Å²) in [4.78, 5) is 17.2. The number of anilines is 2. The van der Waals surface area contributed by atoms with Gasteiger partial charge < -0.3 is 5.11 Å². The van der Waals surface area contributed by atoms with Gasteiger partial charge in [0.1, 0.15) is 5.75 Å². The quantitative estimate of drug-likeness (QED) is 0.446. The molecule has 28 heavy (non-hydrogen) atoms. The van der Waals surface area contributed by atoms with Crippen LogP contribution in [0.25, 0.3) is 11.3 Å². The highest BCUT2D eigenvalue weighted by Crippen LogP contribution is 2.29. The van der Waals surface area contributed by atoms with Crippen molar-refractivity contribution >= 4 is 45.4 Å². The number of benzene rings is 2. The molecule has 1 aromatic heterocycles. The van der Waals surface area contributed by atoms with Gasteiger partial charge in [0.15, 0.2) is 5.71 Å². The van der Waals surface area contributed by atoms with E-state index in [0.717, 1.165) is 11.3 Å². The molecular formula is C19H14ClN5O2S. The number of hydrogen-bond donors (Lipinski definition) is 3. The van der Waals surface area contributed by atoms with E-state index in [4.69, 9.17) is 11.6 Å². The van der Waals surface area contributed by atoms with Gasteiger partial charge in [-0.1, -0.05) is 30.3 Å². The molecule has 1 aliphatic rings. The largest absolute Gasteiger partial charge is 0.508 e. The second kappa shape index (κ2) is 7.34. The van der Waals surface area contributed by atoms with Crippen molar-refractivity contribution in [2.75, 3.05) is 10.4 Å². The second-order valence-electron chi connectivity index (χ2n) is 5.87. The molecular weight excluding hydrogens is 398 g/mol. The minimum absolute atomic E-state index is 0.146. The molecule has 4 rings (SSSR count). The van der Waals surface area contributed by atoms with Gasteiger partial charge in [0.2, 0.25) is 5.13 Å².